The second-order valence-corrected chi connectivity index (χ2v) is 4.83. The van der Waals surface area contributed by atoms with Gasteiger partial charge in [-0.05, 0) is 30.2 Å². The quantitative estimate of drug-likeness (QED) is 0.644. The van der Waals surface area contributed by atoms with Crippen LogP contribution in [-0.2, 0) is 6.54 Å². The summed E-state index contributed by atoms with van der Waals surface area (Å²) >= 11 is 5.98. The molecule has 0 bridgehead atoms. The lowest BCUT2D eigenvalue weighted by Crippen LogP contribution is -2.19. The topological polar surface area (TPSA) is 68.3 Å². The van der Waals surface area contributed by atoms with E-state index in [9.17, 15) is 10.1 Å². The number of nitrogens with one attached hydrogen (secondary N) is 1. The monoisotopic (exact) mass is 294 g/mol. The van der Waals surface area contributed by atoms with E-state index < -0.39 is 4.92 Å². The van der Waals surface area contributed by atoms with Crippen LogP contribution in [0.3, 0.4) is 0 Å². The Morgan fingerprint density at radius 1 is 1.40 bits per heavy atom. The molecule has 0 aliphatic carbocycles. The zero-order valence-corrected chi connectivity index (χ0v) is 11.8. The lowest BCUT2D eigenvalue weighted by molar-refractivity contribution is -0.402. The molecule has 1 atom stereocenters. The molecule has 0 fully saturated rings. The molecule has 5 nitrogen and oxygen atoms in total. The van der Waals surface area contributed by atoms with Crippen LogP contribution in [0.1, 0.15) is 30.7 Å². The van der Waals surface area contributed by atoms with Gasteiger partial charge in [-0.3, -0.25) is 10.1 Å². The number of rotatable bonds is 6. The van der Waals surface area contributed by atoms with Crippen molar-refractivity contribution in [2.45, 2.75) is 25.9 Å². The minimum absolute atomic E-state index is 0.123. The zero-order valence-electron chi connectivity index (χ0n) is 11.0. The van der Waals surface area contributed by atoms with Crippen LogP contribution in [0.2, 0.25) is 5.02 Å². The van der Waals surface area contributed by atoms with Crippen LogP contribution in [0.15, 0.2) is 40.8 Å². The summed E-state index contributed by atoms with van der Waals surface area (Å²) in [7, 11) is 0. The molecular formula is C14H15ClN2O3. The Kier molecular flexibility index (Phi) is 4.76. The predicted octanol–water partition coefficient (Wildman–Crippen LogP) is 4.08. The summed E-state index contributed by atoms with van der Waals surface area (Å²) in [5.74, 6) is 0.301. The van der Waals surface area contributed by atoms with Gasteiger partial charge in [-0.2, -0.15) is 0 Å². The lowest BCUT2D eigenvalue weighted by atomic mass is 10.0. The molecule has 0 saturated heterocycles. The number of furan rings is 1. The molecule has 1 unspecified atom stereocenters. The van der Waals surface area contributed by atoms with Crippen molar-refractivity contribution in [3.63, 3.8) is 0 Å². The number of hydrogen-bond acceptors (Lipinski definition) is 4. The van der Waals surface area contributed by atoms with Crippen molar-refractivity contribution in [3.8, 4) is 0 Å². The molecule has 1 N–H and O–H groups in total. The summed E-state index contributed by atoms with van der Waals surface area (Å²) in [4.78, 5) is 10.0. The van der Waals surface area contributed by atoms with Crippen LogP contribution in [0.4, 0.5) is 5.88 Å². The summed E-state index contributed by atoms with van der Waals surface area (Å²) in [6.07, 6.45) is 0.878. The normalized spacial score (nSPS) is 12.3. The number of nitro groups is 1. The summed E-state index contributed by atoms with van der Waals surface area (Å²) < 4.78 is 5.11. The van der Waals surface area contributed by atoms with Crippen LogP contribution in [-0.4, -0.2) is 4.92 Å². The fourth-order valence-electron chi connectivity index (χ4n) is 2.00. The van der Waals surface area contributed by atoms with Gasteiger partial charge in [-0.15, -0.1) is 0 Å². The van der Waals surface area contributed by atoms with E-state index in [-0.39, 0.29) is 11.9 Å². The van der Waals surface area contributed by atoms with Gasteiger partial charge >= 0.3 is 5.88 Å². The maximum absolute atomic E-state index is 10.5. The molecular weight excluding hydrogens is 280 g/mol. The molecule has 1 heterocycles. The van der Waals surface area contributed by atoms with Crippen LogP contribution >= 0.6 is 11.6 Å². The Morgan fingerprint density at radius 3 is 2.80 bits per heavy atom. The first kappa shape index (κ1) is 14.6. The van der Waals surface area contributed by atoms with Gasteiger partial charge in [-0.1, -0.05) is 30.7 Å². The third-order valence-corrected chi connectivity index (χ3v) is 3.24. The van der Waals surface area contributed by atoms with Gasteiger partial charge in [0, 0.05) is 11.1 Å². The highest BCUT2D eigenvalue weighted by molar-refractivity contribution is 6.30. The molecule has 2 aromatic rings. The number of halogens is 1. The van der Waals surface area contributed by atoms with Gasteiger partial charge in [0.15, 0.2) is 0 Å². The molecule has 106 valence electrons. The van der Waals surface area contributed by atoms with Gasteiger partial charge in [0.25, 0.3) is 0 Å². The lowest BCUT2D eigenvalue weighted by Gasteiger charge is -2.16. The van der Waals surface area contributed by atoms with E-state index in [0.717, 1.165) is 12.0 Å². The Morgan fingerprint density at radius 2 is 2.20 bits per heavy atom. The van der Waals surface area contributed by atoms with E-state index in [1.54, 1.807) is 6.07 Å². The standard InChI is InChI=1S/C14H15ClN2O3/c1-2-13(10-4-3-5-11(15)8-10)16-9-12-6-7-14(20-12)17(18)19/h3-8,13,16H,2,9H2,1H3. The van der Waals surface area contributed by atoms with Crippen molar-refractivity contribution in [1.29, 1.82) is 0 Å². The van der Waals surface area contributed by atoms with E-state index in [4.69, 9.17) is 16.0 Å². The maximum Gasteiger partial charge on any atom is 0.433 e. The highest BCUT2D eigenvalue weighted by Gasteiger charge is 2.14. The van der Waals surface area contributed by atoms with E-state index >= 15 is 0 Å². The number of hydrogen-bond donors (Lipinski definition) is 1. The largest absolute Gasteiger partial charge is 0.433 e. The SMILES string of the molecule is CCC(NCc1ccc([N+](=O)[O-])o1)c1cccc(Cl)c1. The average molecular weight is 295 g/mol. The molecule has 0 radical (unpaired) electrons. The van der Waals surface area contributed by atoms with Gasteiger partial charge in [0.05, 0.1) is 12.6 Å². The molecule has 0 aliphatic rings. The van der Waals surface area contributed by atoms with Crippen LogP contribution in [0.5, 0.6) is 0 Å². The average Bonchev–Trinajstić information content (AvgIpc) is 2.88. The summed E-state index contributed by atoms with van der Waals surface area (Å²) in [6, 6.07) is 10.7. The highest BCUT2D eigenvalue weighted by Crippen LogP contribution is 2.22. The Bertz CT molecular complexity index is 598. The molecule has 2 rings (SSSR count). The molecule has 0 amide bonds. The first-order valence-corrected chi connectivity index (χ1v) is 6.70. The van der Waals surface area contributed by atoms with Crippen molar-refractivity contribution < 1.29 is 9.34 Å². The van der Waals surface area contributed by atoms with E-state index in [1.165, 1.54) is 6.07 Å². The second-order valence-electron chi connectivity index (χ2n) is 4.39. The Hall–Kier alpha value is -1.85. The molecule has 0 saturated carbocycles. The third-order valence-electron chi connectivity index (χ3n) is 3.01. The van der Waals surface area contributed by atoms with Crippen molar-refractivity contribution in [1.82, 2.24) is 5.32 Å². The summed E-state index contributed by atoms with van der Waals surface area (Å²) in [6.45, 7) is 2.49. The van der Waals surface area contributed by atoms with E-state index in [2.05, 4.69) is 12.2 Å². The van der Waals surface area contributed by atoms with E-state index in [1.807, 2.05) is 24.3 Å². The summed E-state index contributed by atoms with van der Waals surface area (Å²) in [5.41, 5.74) is 1.08. The molecule has 20 heavy (non-hydrogen) atoms. The number of nitrogens with zero attached hydrogens (tertiary/aromatic N) is 1. The number of benzene rings is 1. The molecule has 0 spiro atoms. The molecule has 1 aromatic carbocycles. The third kappa shape index (κ3) is 3.59. The molecule has 1 aromatic heterocycles. The maximum atomic E-state index is 10.5. The fraction of sp³-hybridized carbons (Fsp3) is 0.286. The van der Waals surface area contributed by atoms with E-state index in [0.29, 0.717) is 17.3 Å². The highest BCUT2D eigenvalue weighted by atomic mass is 35.5. The fourth-order valence-corrected chi connectivity index (χ4v) is 2.20. The Balaban J connectivity index is 2.01. The zero-order chi connectivity index (χ0) is 14.5. The molecule has 0 aliphatic heterocycles. The summed E-state index contributed by atoms with van der Waals surface area (Å²) in [5, 5.41) is 14.5. The molecule has 6 heteroatoms. The van der Waals surface area contributed by atoms with Crippen molar-refractivity contribution in [3.05, 3.63) is 62.9 Å². The van der Waals surface area contributed by atoms with Crippen LogP contribution in [0, 0.1) is 10.1 Å². The smallest absolute Gasteiger partial charge is 0.404 e. The predicted molar refractivity (Wildman–Crippen MR) is 76.7 cm³/mol. The van der Waals surface area contributed by atoms with Crippen molar-refractivity contribution in [2.24, 2.45) is 0 Å². The van der Waals surface area contributed by atoms with Gasteiger partial charge < -0.3 is 9.73 Å². The van der Waals surface area contributed by atoms with Crippen molar-refractivity contribution >= 4 is 17.5 Å². The van der Waals surface area contributed by atoms with Gasteiger partial charge in [0.1, 0.15) is 10.7 Å². The first-order chi connectivity index (χ1) is 9.60. The van der Waals surface area contributed by atoms with Crippen molar-refractivity contribution in [2.75, 3.05) is 0 Å². The second kappa shape index (κ2) is 6.54. The Labute approximate surface area is 121 Å². The van der Waals surface area contributed by atoms with Gasteiger partial charge in [0.2, 0.25) is 0 Å². The minimum atomic E-state index is -0.544. The van der Waals surface area contributed by atoms with Crippen LogP contribution < -0.4 is 5.32 Å². The first-order valence-electron chi connectivity index (χ1n) is 6.32. The van der Waals surface area contributed by atoms with Gasteiger partial charge in [-0.25, -0.2) is 0 Å². The minimum Gasteiger partial charge on any atom is -0.404 e. The van der Waals surface area contributed by atoms with Crippen LogP contribution in [0.25, 0.3) is 0 Å².